The smallest absolute Gasteiger partial charge is 0.326 e. The topological polar surface area (TPSA) is 94.2 Å². The number of rotatable bonds is 6. The molecule has 2 heterocycles. The fourth-order valence-corrected chi connectivity index (χ4v) is 2.73. The summed E-state index contributed by atoms with van der Waals surface area (Å²) in [4.78, 5) is 37.0. The van der Waals surface area contributed by atoms with E-state index in [0.29, 0.717) is 24.6 Å². The predicted molar refractivity (Wildman–Crippen MR) is 87.2 cm³/mol. The molecule has 0 bridgehead atoms. The summed E-state index contributed by atoms with van der Waals surface area (Å²) in [5, 5.41) is 2.67. The molecule has 0 saturated carbocycles. The van der Waals surface area contributed by atoms with Crippen LogP contribution in [0.5, 0.6) is 5.75 Å². The molecular weight excluding hydrogens is 328 g/mol. The Morgan fingerprint density at radius 2 is 2.16 bits per heavy atom. The number of amides is 2. The molecule has 0 aliphatic carbocycles. The lowest BCUT2D eigenvalue weighted by atomic mass is 10.2. The van der Waals surface area contributed by atoms with Crippen LogP contribution >= 0.6 is 0 Å². The quantitative estimate of drug-likeness (QED) is 0.741. The number of fused-ring (bicyclic) bond motifs is 1. The van der Waals surface area contributed by atoms with E-state index in [4.69, 9.17) is 14.2 Å². The molecular formula is C17H20N2O6. The van der Waals surface area contributed by atoms with Crippen LogP contribution < -0.4 is 15.0 Å². The summed E-state index contributed by atoms with van der Waals surface area (Å²) in [5.74, 6) is -0.849. The van der Waals surface area contributed by atoms with Gasteiger partial charge in [-0.2, -0.15) is 0 Å². The molecule has 2 amide bonds. The number of anilines is 1. The van der Waals surface area contributed by atoms with Crippen molar-refractivity contribution >= 4 is 23.5 Å². The Bertz CT molecular complexity index is 656. The van der Waals surface area contributed by atoms with Crippen LogP contribution in [0.2, 0.25) is 0 Å². The second-order valence-corrected chi connectivity index (χ2v) is 5.84. The third-order valence-electron chi connectivity index (χ3n) is 4.01. The maximum Gasteiger partial charge on any atom is 0.326 e. The number of hydrogen-bond donors (Lipinski definition) is 1. The van der Waals surface area contributed by atoms with Gasteiger partial charge in [0.15, 0.2) is 13.2 Å². The van der Waals surface area contributed by atoms with Crippen LogP contribution in [-0.2, 0) is 23.9 Å². The van der Waals surface area contributed by atoms with Crippen LogP contribution in [0.15, 0.2) is 24.3 Å². The summed E-state index contributed by atoms with van der Waals surface area (Å²) in [6.45, 7) is 0.340. The minimum Gasteiger partial charge on any atom is -0.482 e. The van der Waals surface area contributed by atoms with Crippen LogP contribution in [-0.4, -0.2) is 56.8 Å². The number of esters is 1. The van der Waals surface area contributed by atoms with Crippen LogP contribution in [0.25, 0.3) is 0 Å². The highest BCUT2D eigenvalue weighted by Gasteiger charge is 2.27. The minimum absolute atomic E-state index is 0.0297. The molecule has 134 valence electrons. The molecule has 1 atom stereocenters. The number of carbonyl (C=O) groups is 3. The van der Waals surface area contributed by atoms with E-state index in [1.165, 1.54) is 4.90 Å². The summed E-state index contributed by atoms with van der Waals surface area (Å²) in [6, 6.07) is 6.94. The first-order valence-electron chi connectivity index (χ1n) is 8.19. The lowest BCUT2D eigenvalue weighted by Gasteiger charge is -2.28. The molecule has 3 rings (SSSR count). The highest BCUT2D eigenvalue weighted by atomic mass is 16.5. The Hall–Kier alpha value is -2.61. The second kappa shape index (κ2) is 7.98. The first-order chi connectivity index (χ1) is 12.1. The fraction of sp³-hybridized carbons (Fsp3) is 0.471. The van der Waals surface area contributed by atoms with Gasteiger partial charge in [0.1, 0.15) is 12.3 Å². The van der Waals surface area contributed by atoms with Crippen LogP contribution in [0.4, 0.5) is 5.69 Å². The monoisotopic (exact) mass is 348 g/mol. The first kappa shape index (κ1) is 17.2. The molecule has 8 heteroatoms. The van der Waals surface area contributed by atoms with Gasteiger partial charge in [-0.1, -0.05) is 12.1 Å². The van der Waals surface area contributed by atoms with Crippen LogP contribution in [0.3, 0.4) is 0 Å². The van der Waals surface area contributed by atoms with E-state index >= 15 is 0 Å². The maximum absolute atomic E-state index is 12.0. The molecule has 1 aromatic carbocycles. The number of hydrogen-bond acceptors (Lipinski definition) is 6. The third-order valence-corrected chi connectivity index (χ3v) is 4.01. The first-order valence-corrected chi connectivity index (χ1v) is 8.19. The normalized spacial score (nSPS) is 19.1. The second-order valence-electron chi connectivity index (χ2n) is 5.84. The zero-order chi connectivity index (χ0) is 17.6. The van der Waals surface area contributed by atoms with E-state index in [1.54, 1.807) is 24.3 Å². The van der Waals surface area contributed by atoms with Crippen LogP contribution in [0, 0.1) is 0 Å². The van der Waals surface area contributed by atoms with Gasteiger partial charge in [-0.25, -0.2) is 0 Å². The Balaban J connectivity index is 1.46. The zero-order valence-electron chi connectivity index (χ0n) is 13.7. The fourth-order valence-electron chi connectivity index (χ4n) is 2.73. The summed E-state index contributed by atoms with van der Waals surface area (Å²) in [6.07, 6.45) is 1.94. The number of ether oxygens (including phenoxy) is 3. The van der Waals surface area contributed by atoms with E-state index in [-0.39, 0.29) is 31.8 Å². The van der Waals surface area contributed by atoms with Crippen molar-refractivity contribution < 1.29 is 28.6 Å². The van der Waals surface area contributed by atoms with Crippen molar-refractivity contribution in [2.75, 3.05) is 37.8 Å². The van der Waals surface area contributed by atoms with Crippen molar-refractivity contribution in [3.63, 3.8) is 0 Å². The van der Waals surface area contributed by atoms with Crippen molar-refractivity contribution in [3.8, 4) is 5.75 Å². The van der Waals surface area contributed by atoms with Gasteiger partial charge >= 0.3 is 5.97 Å². The number of carbonyl (C=O) groups excluding carboxylic acids is 3. The van der Waals surface area contributed by atoms with Gasteiger partial charge in [-0.05, 0) is 25.0 Å². The molecule has 0 aromatic heterocycles. The highest BCUT2D eigenvalue weighted by molar-refractivity contribution is 6.01. The lowest BCUT2D eigenvalue weighted by molar-refractivity contribution is -0.147. The van der Waals surface area contributed by atoms with Gasteiger partial charge in [-0.3, -0.25) is 19.3 Å². The van der Waals surface area contributed by atoms with Crippen LogP contribution in [0.1, 0.15) is 12.8 Å². The molecule has 1 fully saturated rings. The SMILES string of the molecule is O=C(COC(=O)CN1C(=O)COc2ccccc21)NC[C@@H]1CCCO1. The molecule has 0 unspecified atom stereocenters. The molecule has 1 aromatic rings. The Morgan fingerprint density at radius 3 is 2.96 bits per heavy atom. The molecule has 1 saturated heterocycles. The van der Waals surface area contributed by atoms with Gasteiger partial charge in [0.2, 0.25) is 0 Å². The minimum atomic E-state index is -0.655. The number of benzene rings is 1. The average molecular weight is 348 g/mol. The zero-order valence-corrected chi connectivity index (χ0v) is 13.7. The summed E-state index contributed by atoms with van der Waals surface area (Å²) in [7, 11) is 0. The van der Waals surface area contributed by atoms with Gasteiger partial charge in [0.05, 0.1) is 11.8 Å². The Labute approximate surface area is 145 Å². The van der Waals surface area contributed by atoms with Crippen molar-refractivity contribution in [1.82, 2.24) is 5.32 Å². The molecule has 0 spiro atoms. The number of nitrogens with one attached hydrogen (secondary N) is 1. The summed E-state index contributed by atoms with van der Waals surface area (Å²) < 4.78 is 15.7. The lowest BCUT2D eigenvalue weighted by Crippen LogP contribution is -2.43. The van der Waals surface area contributed by atoms with Gasteiger partial charge in [-0.15, -0.1) is 0 Å². The largest absolute Gasteiger partial charge is 0.482 e. The highest BCUT2D eigenvalue weighted by Crippen LogP contribution is 2.31. The standard InChI is InChI=1S/C17H20N2O6/c20-15(18-8-12-4-3-7-23-12)10-25-17(22)9-19-13-5-1-2-6-14(13)24-11-16(19)21/h1-2,5-6,12H,3-4,7-11H2,(H,18,20)/t12-/m0/s1. The number of nitrogens with zero attached hydrogens (tertiary/aromatic N) is 1. The third kappa shape index (κ3) is 4.48. The van der Waals surface area contributed by atoms with E-state index in [0.717, 1.165) is 12.8 Å². The van der Waals surface area contributed by atoms with Gasteiger partial charge in [0.25, 0.3) is 11.8 Å². The maximum atomic E-state index is 12.0. The van der Waals surface area contributed by atoms with Crippen molar-refractivity contribution in [2.24, 2.45) is 0 Å². The van der Waals surface area contributed by atoms with E-state index in [1.807, 2.05) is 0 Å². The molecule has 8 nitrogen and oxygen atoms in total. The average Bonchev–Trinajstić information content (AvgIpc) is 3.14. The van der Waals surface area contributed by atoms with E-state index < -0.39 is 11.9 Å². The molecule has 1 N–H and O–H groups in total. The van der Waals surface area contributed by atoms with Crippen molar-refractivity contribution in [3.05, 3.63) is 24.3 Å². The van der Waals surface area contributed by atoms with E-state index in [9.17, 15) is 14.4 Å². The van der Waals surface area contributed by atoms with Gasteiger partial charge < -0.3 is 19.5 Å². The van der Waals surface area contributed by atoms with Gasteiger partial charge in [0, 0.05) is 13.2 Å². The van der Waals surface area contributed by atoms with E-state index in [2.05, 4.69) is 5.32 Å². The molecule has 2 aliphatic heterocycles. The molecule has 0 radical (unpaired) electrons. The Kier molecular flexibility index (Phi) is 5.49. The van der Waals surface area contributed by atoms with Crippen molar-refractivity contribution in [1.29, 1.82) is 0 Å². The summed E-state index contributed by atoms with van der Waals surface area (Å²) >= 11 is 0. The Morgan fingerprint density at radius 1 is 1.32 bits per heavy atom. The predicted octanol–water partition coefficient (Wildman–Crippen LogP) is 0.250. The number of para-hydroxylation sites is 2. The molecule has 25 heavy (non-hydrogen) atoms. The van der Waals surface area contributed by atoms with Crippen molar-refractivity contribution in [2.45, 2.75) is 18.9 Å². The summed E-state index contributed by atoms with van der Waals surface area (Å²) in [5.41, 5.74) is 0.513. The molecule has 2 aliphatic rings.